The molecule has 2 heterocycles. The van der Waals surface area contributed by atoms with Crippen molar-refractivity contribution in [3.63, 3.8) is 0 Å². The fraction of sp³-hybridized carbons (Fsp3) is 0.321. The van der Waals surface area contributed by atoms with Gasteiger partial charge in [0.2, 0.25) is 11.8 Å². The van der Waals surface area contributed by atoms with E-state index in [0.717, 1.165) is 28.4 Å². The van der Waals surface area contributed by atoms with Crippen LogP contribution in [0.25, 0.3) is 10.8 Å². The molecule has 8 nitrogen and oxygen atoms in total. The number of hydrogen-bond donors (Lipinski definition) is 1. The number of benzene rings is 3. The summed E-state index contributed by atoms with van der Waals surface area (Å²) in [6.07, 6.45) is 0.677. The Hall–Kier alpha value is -3.91. The molecule has 4 amide bonds. The number of hydrazine groups is 1. The Morgan fingerprint density at radius 2 is 1.69 bits per heavy atom. The third kappa shape index (κ3) is 4.40. The number of likely N-dealkylation sites (N-methyl/N-ethyl adjacent to an activating group) is 1. The number of fused-ring (bicyclic) bond motifs is 2. The summed E-state index contributed by atoms with van der Waals surface area (Å²) in [7, 11) is 1.74. The molecule has 0 unspecified atom stereocenters. The number of anilines is 1. The van der Waals surface area contributed by atoms with Crippen molar-refractivity contribution in [3.8, 4) is 0 Å². The van der Waals surface area contributed by atoms with Gasteiger partial charge >= 0.3 is 6.03 Å². The fourth-order valence-electron chi connectivity index (χ4n) is 5.22. The number of carbonyl (C=O) groups is 3. The van der Waals surface area contributed by atoms with Crippen LogP contribution in [-0.4, -0.2) is 65.1 Å². The van der Waals surface area contributed by atoms with E-state index in [4.69, 9.17) is 0 Å². The minimum Gasteiger partial charge on any atom is -0.333 e. The van der Waals surface area contributed by atoms with Gasteiger partial charge in [-0.05, 0) is 34.9 Å². The molecular weight excluding hydrogens is 454 g/mol. The fourth-order valence-corrected chi connectivity index (χ4v) is 5.22. The monoisotopic (exact) mass is 485 g/mol. The van der Waals surface area contributed by atoms with E-state index in [1.807, 2.05) is 79.7 Å². The molecule has 2 fully saturated rings. The van der Waals surface area contributed by atoms with Crippen LogP contribution >= 0.6 is 0 Å². The molecule has 0 saturated carbocycles. The second-order valence-electron chi connectivity index (χ2n) is 9.37. The highest BCUT2D eigenvalue weighted by Crippen LogP contribution is 2.32. The molecule has 2 saturated heterocycles. The minimum absolute atomic E-state index is 0.0404. The van der Waals surface area contributed by atoms with Gasteiger partial charge in [0.1, 0.15) is 12.2 Å². The largest absolute Gasteiger partial charge is 0.334 e. The molecule has 3 aromatic rings. The highest BCUT2D eigenvalue weighted by Gasteiger charge is 2.50. The standard InChI is InChI=1S/C28H31N5O3/c1-3-9-24-27(35)31(23-15-14-21-12-7-8-13-22(21)16-23)18-25-32(24)26(34)19-30(2)33(25)28(36)29-17-20-10-5-4-6-11-20/h4-8,10-16,24-25H,3,9,17-19H2,1-2H3,(H,29,36)/t24-,25-/m0/s1. The molecule has 1 N–H and O–H groups in total. The van der Waals surface area contributed by atoms with Crippen molar-refractivity contribution in [3.05, 3.63) is 78.4 Å². The average Bonchev–Trinajstić information content (AvgIpc) is 2.89. The van der Waals surface area contributed by atoms with Gasteiger partial charge in [-0.1, -0.05) is 74.0 Å². The molecule has 2 aliphatic rings. The molecule has 186 valence electrons. The van der Waals surface area contributed by atoms with Crippen LogP contribution in [0, 0.1) is 0 Å². The molecule has 0 aromatic heterocycles. The van der Waals surface area contributed by atoms with Crippen LogP contribution in [0.4, 0.5) is 10.5 Å². The average molecular weight is 486 g/mol. The summed E-state index contributed by atoms with van der Waals surface area (Å²) in [6, 6.07) is 22.7. The van der Waals surface area contributed by atoms with Crippen LogP contribution in [0.5, 0.6) is 0 Å². The molecule has 2 atom stereocenters. The summed E-state index contributed by atoms with van der Waals surface area (Å²) in [4.78, 5) is 43.7. The lowest BCUT2D eigenvalue weighted by Gasteiger charge is -2.54. The summed E-state index contributed by atoms with van der Waals surface area (Å²) >= 11 is 0. The summed E-state index contributed by atoms with van der Waals surface area (Å²) < 4.78 is 0. The Morgan fingerprint density at radius 3 is 2.44 bits per heavy atom. The maximum Gasteiger partial charge on any atom is 0.334 e. The maximum atomic E-state index is 13.7. The van der Waals surface area contributed by atoms with Gasteiger partial charge < -0.3 is 15.1 Å². The van der Waals surface area contributed by atoms with Crippen molar-refractivity contribution in [2.45, 2.75) is 38.5 Å². The second kappa shape index (κ2) is 9.99. The van der Waals surface area contributed by atoms with E-state index < -0.39 is 12.2 Å². The molecule has 0 aliphatic carbocycles. The molecule has 2 aliphatic heterocycles. The number of carbonyl (C=O) groups excluding carboxylic acids is 3. The summed E-state index contributed by atoms with van der Waals surface area (Å²) in [5.41, 5.74) is 1.75. The SMILES string of the molecule is CCC[C@H]1C(=O)N(c2ccc3ccccc3c2)C[C@H]2N1C(=O)CN(C)N2C(=O)NCc1ccccc1. The highest BCUT2D eigenvalue weighted by molar-refractivity contribution is 6.02. The van der Waals surface area contributed by atoms with Gasteiger partial charge in [0, 0.05) is 19.3 Å². The number of nitrogens with one attached hydrogen (secondary N) is 1. The zero-order valence-electron chi connectivity index (χ0n) is 20.6. The molecule has 36 heavy (non-hydrogen) atoms. The van der Waals surface area contributed by atoms with Crippen molar-refractivity contribution in [2.24, 2.45) is 0 Å². The van der Waals surface area contributed by atoms with Crippen LogP contribution < -0.4 is 10.2 Å². The quantitative estimate of drug-likeness (QED) is 0.599. The van der Waals surface area contributed by atoms with Crippen LogP contribution in [0.2, 0.25) is 0 Å². The van der Waals surface area contributed by atoms with Crippen molar-refractivity contribution in [1.82, 2.24) is 20.2 Å². The zero-order valence-corrected chi connectivity index (χ0v) is 20.6. The van der Waals surface area contributed by atoms with E-state index in [-0.39, 0.29) is 30.9 Å². The predicted molar refractivity (Wildman–Crippen MR) is 139 cm³/mol. The van der Waals surface area contributed by atoms with Crippen molar-refractivity contribution < 1.29 is 14.4 Å². The predicted octanol–water partition coefficient (Wildman–Crippen LogP) is 3.58. The van der Waals surface area contributed by atoms with Gasteiger partial charge in [-0.25, -0.2) is 14.8 Å². The van der Waals surface area contributed by atoms with Crippen LogP contribution in [0.1, 0.15) is 25.3 Å². The van der Waals surface area contributed by atoms with Crippen molar-refractivity contribution >= 4 is 34.3 Å². The number of rotatable bonds is 5. The number of nitrogens with zero attached hydrogens (tertiary/aromatic N) is 4. The first-order valence-corrected chi connectivity index (χ1v) is 12.4. The van der Waals surface area contributed by atoms with E-state index in [9.17, 15) is 14.4 Å². The Labute approximate surface area is 211 Å². The van der Waals surface area contributed by atoms with Crippen LogP contribution in [-0.2, 0) is 16.1 Å². The molecular formula is C28H31N5O3. The lowest BCUT2D eigenvalue weighted by Crippen LogP contribution is -2.76. The minimum atomic E-state index is -0.620. The van der Waals surface area contributed by atoms with Crippen molar-refractivity contribution in [2.75, 3.05) is 25.0 Å². The van der Waals surface area contributed by atoms with Gasteiger partial charge in [-0.15, -0.1) is 0 Å². The summed E-state index contributed by atoms with van der Waals surface area (Å²) in [6.45, 7) is 2.61. The first-order chi connectivity index (χ1) is 17.5. The van der Waals surface area contributed by atoms with Crippen LogP contribution in [0.3, 0.4) is 0 Å². The Balaban J connectivity index is 1.47. The second-order valence-corrected chi connectivity index (χ2v) is 9.37. The molecule has 8 heteroatoms. The number of hydrogen-bond acceptors (Lipinski definition) is 4. The van der Waals surface area contributed by atoms with Gasteiger partial charge in [-0.3, -0.25) is 9.59 Å². The zero-order chi connectivity index (χ0) is 25.2. The topological polar surface area (TPSA) is 76.2 Å². The van der Waals surface area contributed by atoms with Gasteiger partial charge in [-0.2, -0.15) is 0 Å². The van der Waals surface area contributed by atoms with E-state index in [0.29, 0.717) is 13.0 Å². The summed E-state index contributed by atoms with van der Waals surface area (Å²) in [5.74, 6) is -0.245. The number of piperazine rings is 1. The first kappa shape index (κ1) is 23.8. The molecule has 5 rings (SSSR count). The molecule has 0 radical (unpaired) electrons. The third-order valence-corrected chi connectivity index (χ3v) is 6.96. The van der Waals surface area contributed by atoms with Crippen LogP contribution in [0.15, 0.2) is 72.8 Å². The molecule has 0 spiro atoms. The maximum absolute atomic E-state index is 13.7. The smallest absolute Gasteiger partial charge is 0.333 e. The van der Waals surface area contributed by atoms with Gasteiger partial charge in [0.25, 0.3) is 0 Å². The number of urea groups is 1. The Bertz CT molecular complexity index is 1280. The van der Waals surface area contributed by atoms with E-state index in [1.54, 1.807) is 26.9 Å². The normalized spacial score (nSPS) is 20.6. The van der Waals surface area contributed by atoms with Crippen molar-refractivity contribution in [1.29, 1.82) is 0 Å². The van der Waals surface area contributed by atoms with E-state index >= 15 is 0 Å². The first-order valence-electron chi connectivity index (χ1n) is 12.4. The summed E-state index contributed by atoms with van der Waals surface area (Å²) in [5, 5.41) is 8.36. The lowest BCUT2D eigenvalue weighted by atomic mass is 10.0. The third-order valence-electron chi connectivity index (χ3n) is 6.96. The van der Waals surface area contributed by atoms with E-state index in [2.05, 4.69) is 5.32 Å². The van der Waals surface area contributed by atoms with Gasteiger partial charge in [0.15, 0.2) is 0 Å². The number of amides is 4. The molecule has 3 aromatic carbocycles. The lowest BCUT2D eigenvalue weighted by molar-refractivity contribution is -0.175. The Kier molecular flexibility index (Phi) is 6.61. The van der Waals surface area contributed by atoms with E-state index in [1.165, 1.54) is 0 Å². The molecule has 0 bridgehead atoms. The Morgan fingerprint density at radius 1 is 0.972 bits per heavy atom. The van der Waals surface area contributed by atoms with Gasteiger partial charge in [0.05, 0.1) is 13.1 Å². The highest BCUT2D eigenvalue weighted by atomic mass is 16.2.